The molecule has 0 bridgehead atoms. The Labute approximate surface area is 165 Å². The van der Waals surface area contributed by atoms with Crippen LogP contribution in [0.15, 0.2) is 53.4 Å². The van der Waals surface area contributed by atoms with Crippen LogP contribution in [0.25, 0.3) is 0 Å². The Bertz CT molecular complexity index is 1030. The number of anilines is 2. The largest absolute Gasteiger partial charge is 0.341 e. The molecule has 148 valence electrons. The van der Waals surface area contributed by atoms with Crippen LogP contribution >= 0.6 is 11.6 Å². The molecule has 2 aromatic rings. The van der Waals surface area contributed by atoms with E-state index in [4.69, 9.17) is 11.6 Å². The number of hydrogen-bond acceptors (Lipinski definition) is 4. The van der Waals surface area contributed by atoms with E-state index in [9.17, 15) is 26.8 Å². The summed E-state index contributed by atoms with van der Waals surface area (Å²) in [5.74, 6) is -5.36. The van der Waals surface area contributed by atoms with Crippen LogP contribution in [0, 0.1) is 5.92 Å². The van der Waals surface area contributed by atoms with Crippen LogP contribution in [0.3, 0.4) is 0 Å². The zero-order valence-electron chi connectivity index (χ0n) is 14.3. The first-order valence-corrected chi connectivity index (χ1v) is 10.1. The summed E-state index contributed by atoms with van der Waals surface area (Å²) in [7, 11) is -4.89. The molecule has 2 aromatic carbocycles. The van der Waals surface area contributed by atoms with Crippen LogP contribution in [0.4, 0.5) is 20.2 Å². The molecule has 0 saturated carbocycles. The van der Waals surface area contributed by atoms with Crippen LogP contribution in [0.5, 0.6) is 0 Å². The molecule has 10 heteroatoms. The third-order valence-electron chi connectivity index (χ3n) is 4.33. The summed E-state index contributed by atoms with van der Waals surface area (Å²) in [4.78, 5) is 25.6. The minimum absolute atomic E-state index is 0.0398. The van der Waals surface area contributed by atoms with Gasteiger partial charge >= 0.3 is 5.76 Å². The number of halogens is 3. The van der Waals surface area contributed by atoms with Crippen LogP contribution < -0.4 is 10.2 Å². The van der Waals surface area contributed by atoms with Gasteiger partial charge in [-0.2, -0.15) is 8.78 Å². The molecule has 0 spiro atoms. The Hall–Kier alpha value is -2.52. The Morgan fingerprint density at radius 2 is 1.79 bits per heavy atom. The predicted molar refractivity (Wildman–Crippen MR) is 100 cm³/mol. The van der Waals surface area contributed by atoms with Gasteiger partial charge in [-0.1, -0.05) is 35.9 Å². The molecule has 3 rings (SSSR count). The molecule has 1 aliphatic rings. The smallest absolute Gasteiger partial charge is 0.325 e. The lowest BCUT2D eigenvalue weighted by molar-refractivity contribution is -0.122. The fourth-order valence-electron chi connectivity index (χ4n) is 2.94. The van der Waals surface area contributed by atoms with E-state index in [2.05, 4.69) is 5.32 Å². The van der Waals surface area contributed by atoms with Crippen molar-refractivity contribution >= 4 is 44.6 Å². The van der Waals surface area contributed by atoms with Crippen LogP contribution in [-0.2, 0) is 19.4 Å². The van der Waals surface area contributed by atoms with Crippen molar-refractivity contribution in [2.45, 2.75) is 17.1 Å². The first-order chi connectivity index (χ1) is 13.2. The van der Waals surface area contributed by atoms with Crippen LogP contribution in [0.2, 0.25) is 5.02 Å². The number of hydrogen-bond donors (Lipinski definition) is 1. The third kappa shape index (κ3) is 3.85. The summed E-state index contributed by atoms with van der Waals surface area (Å²) in [5, 5.41) is 2.71. The second-order valence-electron chi connectivity index (χ2n) is 6.15. The second kappa shape index (κ2) is 7.84. The summed E-state index contributed by atoms with van der Waals surface area (Å²) in [5.41, 5.74) is 0.210. The topological polar surface area (TPSA) is 83.5 Å². The number of rotatable bonds is 5. The quantitative estimate of drug-likeness (QED) is 0.791. The van der Waals surface area contributed by atoms with E-state index in [-0.39, 0.29) is 24.6 Å². The van der Waals surface area contributed by atoms with E-state index >= 15 is 0 Å². The molecule has 0 aromatic heterocycles. The summed E-state index contributed by atoms with van der Waals surface area (Å²) >= 11 is 6.10. The second-order valence-corrected chi connectivity index (χ2v) is 8.44. The first kappa shape index (κ1) is 20.2. The van der Waals surface area contributed by atoms with Crippen molar-refractivity contribution in [3.8, 4) is 0 Å². The van der Waals surface area contributed by atoms with Crippen molar-refractivity contribution in [3.05, 3.63) is 53.6 Å². The lowest BCUT2D eigenvalue weighted by atomic mass is 10.1. The van der Waals surface area contributed by atoms with E-state index in [1.165, 1.54) is 23.1 Å². The monoisotopic (exact) mass is 428 g/mol. The van der Waals surface area contributed by atoms with Crippen LogP contribution in [-0.4, -0.2) is 32.5 Å². The number of carbonyl (C=O) groups is 2. The maximum absolute atomic E-state index is 12.9. The number of alkyl halides is 2. The summed E-state index contributed by atoms with van der Waals surface area (Å²) < 4.78 is 49.4. The Morgan fingerprint density at radius 3 is 2.46 bits per heavy atom. The molecule has 28 heavy (non-hydrogen) atoms. The molecule has 1 saturated heterocycles. The van der Waals surface area contributed by atoms with Crippen molar-refractivity contribution < 1.29 is 26.8 Å². The Balaban J connectivity index is 1.81. The highest BCUT2D eigenvalue weighted by atomic mass is 35.5. The fourth-order valence-corrected chi connectivity index (χ4v) is 4.06. The molecule has 1 aliphatic heterocycles. The minimum Gasteiger partial charge on any atom is -0.325 e. The molecule has 6 nitrogen and oxygen atoms in total. The standard InChI is InChI=1S/C18H15ClF2N2O4S/c19-12-5-1-3-7-14(12)23-10-11(9-16(23)24)17(25)22-13-6-2-4-8-15(13)28(26,27)18(20)21/h1-8,11,18H,9-10H2,(H,22,25). The van der Waals surface area contributed by atoms with Crippen molar-refractivity contribution in [1.82, 2.24) is 0 Å². The number of nitrogens with zero attached hydrogens (tertiary/aromatic N) is 1. The molecule has 0 radical (unpaired) electrons. The van der Waals surface area contributed by atoms with Gasteiger partial charge in [0.05, 0.1) is 27.2 Å². The zero-order chi connectivity index (χ0) is 20.5. The molecule has 1 atom stereocenters. The number of carbonyl (C=O) groups excluding carboxylic acids is 2. The van der Waals surface area contributed by atoms with Gasteiger partial charge < -0.3 is 10.2 Å². The van der Waals surface area contributed by atoms with Gasteiger partial charge in [0.1, 0.15) is 0 Å². The number of amides is 2. The number of para-hydroxylation sites is 2. The molecule has 1 unspecified atom stereocenters. The van der Waals surface area contributed by atoms with E-state index in [1.54, 1.807) is 24.3 Å². The predicted octanol–water partition coefficient (Wildman–Crippen LogP) is 3.33. The molecule has 1 heterocycles. The van der Waals surface area contributed by atoms with E-state index in [0.29, 0.717) is 10.7 Å². The number of sulfone groups is 1. The molecular formula is C18H15ClF2N2O4S. The summed E-state index contributed by atoms with van der Waals surface area (Å²) in [6, 6.07) is 11.6. The highest BCUT2D eigenvalue weighted by Crippen LogP contribution is 2.32. The maximum atomic E-state index is 12.9. The summed E-state index contributed by atoms with van der Waals surface area (Å²) in [6.07, 6.45) is -0.110. The highest BCUT2D eigenvalue weighted by Gasteiger charge is 2.37. The van der Waals surface area contributed by atoms with Gasteiger partial charge in [-0.05, 0) is 24.3 Å². The lowest BCUT2D eigenvalue weighted by Gasteiger charge is -2.18. The van der Waals surface area contributed by atoms with Crippen molar-refractivity contribution in [2.24, 2.45) is 5.92 Å². The zero-order valence-corrected chi connectivity index (χ0v) is 15.9. The van der Waals surface area contributed by atoms with Gasteiger partial charge in [-0.15, -0.1) is 0 Å². The van der Waals surface area contributed by atoms with E-state index < -0.39 is 32.3 Å². The molecule has 0 aliphatic carbocycles. The average Bonchev–Trinajstić information content (AvgIpc) is 3.04. The lowest BCUT2D eigenvalue weighted by Crippen LogP contribution is -2.28. The van der Waals surface area contributed by atoms with Gasteiger partial charge in [0.25, 0.3) is 0 Å². The Kier molecular flexibility index (Phi) is 5.66. The normalized spacial score (nSPS) is 17.2. The molecule has 2 amide bonds. The van der Waals surface area contributed by atoms with Crippen LogP contribution in [0.1, 0.15) is 6.42 Å². The van der Waals surface area contributed by atoms with Crippen molar-refractivity contribution in [2.75, 3.05) is 16.8 Å². The maximum Gasteiger partial charge on any atom is 0.341 e. The SMILES string of the molecule is O=C(Nc1ccccc1S(=O)(=O)C(F)F)C1CC(=O)N(c2ccccc2Cl)C1. The minimum atomic E-state index is -4.89. The molecule has 1 N–H and O–H groups in total. The average molecular weight is 429 g/mol. The number of benzene rings is 2. The fraction of sp³-hybridized carbons (Fsp3) is 0.222. The third-order valence-corrected chi connectivity index (χ3v) is 6.08. The van der Waals surface area contributed by atoms with E-state index in [0.717, 1.165) is 6.07 Å². The highest BCUT2D eigenvalue weighted by molar-refractivity contribution is 7.91. The first-order valence-electron chi connectivity index (χ1n) is 8.18. The van der Waals surface area contributed by atoms with Crippen molar-refractivity contribution in [3.63, 3.8) is 0 Å². The van der Waals surface area contributed by atoms with E-state index in [1.807, 2.05) is 0 Å². The molecule has 1 fully saturated rings. The Morgan fingerprint density at radius 1 is 1.14 bits per heavy atom. The van der Waals surface area contributed by atoms with Crippen molar-refractivity contribution in [1.29, 1.82) is 0 Å². The van der Waals surface area contributed by atoms with Gasteiger partial charge in [0, 0.05) is 13.0 Å². The van der Waals surface area contributed by atoms with Gasteiger partial charge in [-0.25, -0.2) is 8.42 Å². The number of nitrogens with one attached hydrogen (secondary N) is 1. The van der Waals surface area contributed by atoms with Gasteiger partial charge in [0.15, 0.2) is 0 Å². The molecular weight excluding hydrogens is 414 g/mol. The van der Waals surface area contributed by atoms with Gasteiger partial charge in [0.2, 0.25) is 21.7 Å². The summed E-state index contributed by atoms with van der Waals surface area (Å²) in [6.45, 7) is 0.0398. The van der Waals surface area contributed by atoms with Gasteiger partial charge in [-0.3, -0.25) is 9.59 Å².